The Bertz CT molecular complexity index is 763. The number of esters is 2. The zero-order valence-corrected chi connectivity index (χ0v) is 29.9. The zero-order chi connectivity index (χ0) is 32.9. The summed E-state index contributed by atoms with van der Waals surface area (Å²) in [7, 11) is 0. The van der Waals surface area contributed by atoms with Crippen molar-refractivity contribution in [2.75, 3.05) is 6.61 Å². The molecular weight excluding hydrogens is 556 g/mol. The summed E-state index contributed by atoms with van der Waals surface area (Å²) in [6.45, 7) is 6.43. The molecule has 45 heavy (non-hydrogen) atoms. The van der Waals surface area contributed by atoms with Gasteiger partial charge in [0.2, 0.25) is 0 Å². The summed E-state index contributed by atoms with van der Waals surface area (Å²) in [6.07, 6.45) is 47.3. The smallest absolute Gasteiger partial charge is 0.306 e. The minimum atomic E-state index is -0.404. The van der Waals surface area contributed by atoms with Crippen LogP contribution < -0.4 is 0 Å². The predicted octanol–water partition coefficient (Wildman–Crippen LogP) is 12.9. The molecule has 0 spiro atoms. The first-order chi connectivity index (χ1) is 22.1. The Balaban J connectivity index is 3.55. The van der Waals surface area contributed by atoms with Crippen molar-refractivity contribution in [2.45, 2.75) is 194 Å². The largest absolute Gasteiger partial charge is 0.462 e. The average Bonchev–Trinajstić information content (AvgIpc) is 3.03. The summed E-state index contributed by atoms with van der Waals surface area (Å²) in [5, 5.41) is 0. The Morgan fingerprint density at radius 1 is 0.467 bits per heavy atom. The fourth-order valence-electron chi connectivity index (χ4n) is 5.17. The number of unbranched alkanes of at least 4 members (excludes halogenated alkanes) is 18. The van der Waals surface area contributed by atoms with E-state index in [9.17, 15) is 9.59 Å². The molecule has 4 heteroatoms. The lowest BCUT2D eigenvalue weighted by Crippen LogP contribution is -2.22. The molecule has 0 aromatic heterocycles. The highest BCUT2D eigenvalue weighted by Gasteiger charge is 2.12. The first-order valence-electron chi connectivity index (χ1n) is 19.0. The molecule has 0 unspecified atom stereocenters. The van der Waals surface area contributed by atoms with Crippen molar-refractivity contribution in [2.24, 2.45) is 0 Å². The molecule has 0 bridgehead atoms. The van der Waals surface area contributed by atoms with Gasteiger partial charge in [0.15, 0.2) is 0 Å². The summed E-state index contributed by atoms with van der Waals surface area (Å²) in [6, 6.07) is 0. The van der Waals surface area contributed by atoms with Gasteiger partial charge in [-0.2, -0.15) is 0 Å². The first kappa shape index (κ1) is 42.9. The van der Waals surface area contributed by atoms with Gasteiger partial charge in [0.05, 0.1) is 0 Å². The van der Waals surface area contributed by atoms with E-state index >= 15 is 0 Å². The summed E-state index contributed by atoms with van der Waals surface area (Å²) in [4.78, 5) is 24.1. The van der Waals surface area contributed by atoms with Gasteiger partial charge in [-0.05, 0) is 58.3 Å². The molecular formula is C41H72O4. The van der Waals surface area contributed by atoms with Crippen molar-refractivity contribution in [3.63, 3.8) is 0 Å². The third-order valence-electron chi connectivity index (χ3n) is 8.01. The second kappa shape index (κ2) is 36.4. The molecule has 0 aliphatic rings. The Labute approximate surface area is 279 Å². The van der Waals surface area contributed by atoms with Gasteiger partial charge in [-0.1, -0.05) is 165 Å². The molecule has 0 fully saturated rings. The van der Waals surface area contributed by atoms with E-state index in [0.717, 1.165) is 44.9 Å². The Morgan fingerprint density at radius 2 is 0.844 bits per heavy atom. The van der Waals surface area contributed by atoms with Crippen molar-refractivity contribution in [1.82, 2.24) is 0 Å². The fraction of sp³-hybridized carbons (Fsp3) is 0.756. The molecule has 0 aliphatic carbocycles. The third-order valence-corrected chi connectivity index (χ3v) is 8.01. The van der Waals surface area contributed by atoms with Gasteiger partial charge in [0.1, 0.15) is 12.7 Å². The lowest BCUT2D eigenvalue weighted by molar-refractivity contribution is -0.158. The molecule has 0 heterocycles. The molecule has 0 aromatic carbocycles. The molecule has 260 valence electrons. The van der Waals surface area contributed by atoms with Crippen LogP contribution in [0.2, 0.25) is 0 Å². The third kappa shape index (κ3) is 36.2. The topological polar surface area (TPSA) is 52.6 Å². The van der Waals surface area contributed by atoms with E-state index in [0.29, 0.717) is 12.8 Å². The number of hydrogen-bond donors (Lipinski definition) is 0. The van der Waals surface area contributed by atoms with E-state index in [4.69, 9.17) is 9.47 Å². The highest BCUT2D eigenvalue weighted by molar-refractivity contribution is 5.70. The van der Waals surface area contributed by atoms with Crippen LogP contribution in [-0.2, 0) is 19.1 Å². The van der Waals surface area contributed by atoms with Crippen LogP contribution in [-0.4, -0.2) is 24.6 Å². The van der Waals surface area contributed by atoms with Gasteiger partial charge in [0, 0.05) is 12.8 Å². The molecule has 0 N–H and O–H groups in total. The van der Waals surface area contributed by atoms with E-state index in [2.05, 4.69) is 62.5 Å². The monoisotopic (exact) mass is 629 g/mol. The van der Waals surface area contributed by atoms with E-state index in [1.54, 1.807) is 6.92 Å². The number of carbonyl (C=O) groups excluding carboxylic acids is 2. The number of rotatable bonds is 33. The van der Waals surface area contributed by atoms with Crippen LogP contribution in [0.3, 0.4) is 0 Å². The van der Waals surface area contributed by atoms with E-state index in [1.807, 2.05) is 0 Å². The molecule has 0 saturated carbocycles. The van der Waals surface area contributed by atoms with Gasteiger partial charge in [-0.15, -0.1) is 0 Å². The van der Waals surface area contributed by atoms with Crippen LogP contribution in [0.5, 0.6) is 0 Å². The lowest BCUT2D eigenvalue weighted by Gasteiger charge is -2.13. The molecule has 0 aromatic rings. The molecule has 0 saturated heterocycles. The van der Waals surface area contributed by atoms with Crippen LogP contribution >= 0.6 is 0 Å². The van der Waals surface area contributed by atoms with E-state index in [-0.39, 0.29) is 18.5 Å². The van der Waals surface area contributed by atoms with E-state index < -0.39 is 6.10 Å². The standard InChI is InChI=1S/C41H72O4/c1-4-6-8-10-12-14-16-18-20-21-23-25-27-29-31-33-35-37-41(43)45-39(3)38-44-40(42)36-34-32-30-28-26-24-22-19-17-15-13-11-9-7-5-2/h12,14,18,20,23,25,29,31,39H,4-11,13,15-17,19,21-22,24,26-28,30,32-38H2,1-3H3/b14-12-,20-18-,25-23-,31-29-/t39-/m1/s1. The number of ether oxygens (including phenoxy) is 2. The van der Waals surface area contributed by atoms with Crippen LogP contribution in [0.25, 0.3) is 0 Å². The number of carbonyl (C=O) groups is 2. The Hall–Kier alpha value is -2.10. The van der Waals surface area contributed by atoms with Gasteiger partial charge in [-0.25, -0.2) is 0 Å². The minimum absolute atomic E-state index is 0.139. The molecule has 4 nitrogen and oxygen atoms in total. The molecule has 0 amide bonds. The van der Waals surface area contributed by atoms with Crippen molar-refractivity contribution in [3.05, 3.63) is 48.6 Å². The van der Waals surface area contributed by atoms with Crippen molar-refractivity contribution in [3.8, 4) is 0 Å². The van der Waals surface area contributed by atoms with Gasteiger partial charge < -0.3 is 9.47 Å². The molecule has 0 aliphatic heterocycles. The van der Waals surface area contributed by atoms with Crippen LogP contribution in [0.1, 0.15) is 188 Å². The van der Waals surface area contributed by atoms with Gasteiger partial charge >= 0.3 is 11.9 Å². The van der Waals surface area contributed by atoms with Gasteiger partial charge in [0.25, 0.3) is 0 Å². The van der Waals surface area contributed by atoms with Crippen molar-refractivity contribution < 1.29 is 19.1 Å². The van der Waals surface area contributed by atoms with Gasteiger partial charge in [-0.3, -0.25) is 9.59 Å². The maximum Gasteiger partial charge on any atom is 0.306 e. The molecule has 0 rings (SSSR count). The summed E-state index contributed by atoms with van der Waals surface area (Å²) in [5.41, 5.74) is 0. The maximum absolute atomic E-state index is 12.1. The highest BCUT2D eigenvalue weighted by Crippen LogP contribution is 2.14. The van der Waals surface area contributed by atoms with Crippen LogP contribution in [0.15, 0.2) is 48.6 Å². The normalized spacial score (nSPS) is 12.7. The van der Waals surface area contributed by atoms with E-state index in [1.165, 1.54) is 109 Å². The molecule has 1 atom stereocenters. The first-order valence-corrected chi connectivity index (χ1v) is 19.0. The number of allylic oxidation sites excluding steroid dienone is 8. The second-order valence-electron chi connectivity index (χ2n) is 12.7. The maximum atomic E-state index is 12.1. The zero-order valence-electron chi connectivity index (χ0n) is 29.9. The quantitative estimate of drug-likeness (QED) is 0.0412. The Morgan fingerprint density at radius 3 is 1.33 bits per heavy atom. The summed E-state index contributed by atoms with van der Waals surface area (Å²) in [5.74, 6) is -0.412. The second-order valence-corrected chi connectivity index (χ2v) is 12.7. The predicted molar refractivity (Wildman–Crippen MR) is 194 cm³/mol. The highest BCUT2D eigenvalue weighted by atomic mass is 16.6. The lowest BCUT2D eigenvalue weighted by atomic mass is 10.0. The SMILES string of the molecule is CCCCC/C=C\C/C=C\C/C=C\C/C=C\CCCC(=O)O[C@H](C)COC(=O)CCCCCCCCCCCCCCCCC. The van der Waals surface area contributed by atoms with Crippen molar-refractivity contribution in [1.29, 1.82) is 0 Å². The van der Waals surface area contributed by atoms with Crippen LogP contribution in [0.4, 0.5) is 0 Å². The van der Waals surface area contributed by atoms with Crippen molar-refractivity contribution >= 4 is 11.9 Å². The summed E-state index contributed by atoms with van der Waals surface area (Å²) >= 11 is 0. The summed E-state index contributed by atoms with van der Waals surface area (Å²) < 4.78 is 10.7. The minimum Gasteiger partial charge on any atom is -0.462 e. The Kier molecular flexibility index (Phi) is 34.7. The fourth-order valence-corrected chi connectivity index (χ4v) is 5.17. The number of hydrogen-bond acceptors (Lipinski definition) is 4. The molecule has 0 radical (unpaired) electrons. The average molecular weight is 629 g/mol. The van der Waals surface area contributed by atoms with Crippen LogP contribution in [0, 0.1) is 0 Å².